The molecule has 0 spiro atoms. The predicted octanol–water partition coefficient (Wildman–Crippen LogP) is 1.72. The summed E-state index contributed by atoms with van der Waals surface area (Å²) in [7, 11) is 0. The van der Waals surface area contributed by atoms with Crippen molar-refractivity contribution in [3.8, 4) is 6.07 Å². The van der Waals surface area contributed by atoms with Crippen LogP contribution in [0.3, 0.4) is 0 Å². The average Bonchev–Trinajstić information content (AvgIpc) is 3.06. The monoisotopic (exact) mass is 314 g/mol. The van der Waals surface area contributed by atoms with Gasteiger partial charge in [0.1, 0.15) is 11.6 Å². The smallest absolute Gasteiger partial charge is 0.287 e. The van der Waals surface area contributed by atoms with Crippen LogP contribution in [0.2, 0.25) is 0 Å². The molecule has 2 bridgehead atoms. The largest absolute Gasteiger partial charge is 0.358 e. The minimum Gasteiger partial charge on any atom is -0.358 e. The van der Waals surface area contributed by atoms with Crippen LogP contribution in [0.15, 0.2) is 23.0 Å². The van der Waals surface area contributed by atoms with E-state index in [1.54, 1.807) is 13.0 Å². The minimum absolute atomic E-state index is 0.142. The second-order valence-corrected chi connectivity index (χ2v) is 6.48. The minimum atomic E-state index is -0.364. The standard InChI is InChI=1S/C16H18N4OS/c1-9-5-10(2)20(15(21)13(9)8-17)19-16(22)18-14-7-11-3-4-12(14)6-11/h3-5,11-12,14H,6-7H2,1-2H3,(H2,18,19,22)/t11-,12+,14+/m1/s1. The predicted molar refractivity (Wildman–Crippen MR) is 89.1 cm³/mol. The third-order valence-electron chi connectivity index (χ3n) is 4.51. The summed E-state index contributed by atoms with van der Waals surface area (Å²) in [5.41, 5.74) is 4.10. The number of fused-ring (bicyclic) bond motifs is 2. The highest BCUT2D eigenvalue weighted by atomic mass is 32.1. The van der Waals surface area contributed by atoms with Gasteiger partial charge in [0.2, 0.25) is 0 Å². The number of thiocarbonyl (C=S) groups is 1. The van der Waals surface area contributed by atoms with E-state index in [1.165, 1.54) is 11.1 Å². The Morgan fingerprint density at radius 2 is 2.18 bits per heavy atom. The Bertz CT molecular complexity index is 759. The normalized spacial score (nSPS) is 25.0. The van der Waals surface area contributed by atoms with Crippen LogP contribution in [0.25, 0.3) is 0 Å². The van der Waals surface area contributed by atoms with E-state index >= 15 is 0 Å². The molecule has 2 aliphatic carbocycles. The van der Waals surface area contributed by atoms with Gasteiger partial charge in [-0.15, -0.1) is 0 Å². The summed E-state index contributed by atoms with van der Waals surface area (Å²) >= 11 is 5.33. The van der Waals surface area contributed by atoms with Crippen molar-refractivity contribution < 1.29 is 0 Å². The molecule has 2 N–H and O–H groups in total. The molecule has 1 aromatic heterocycles. The van der Waals surface area contributed by atoms with Crippen molar-refractivity contribution in [3.63, 3.8) is 0 Å². The Morgan fingerprint density at radius 3 is 2.77 bits per heavy atom. The van der Waals surface area contributed by atoms with Gasteiger partial charge < -0.3 is 5.32 Å². The first-order valence-electron chi connectivity index (χ1n) is 7.39. The molecular formula is C16H18N4OS. The zero-order valence-electron chi connectivity index (χ0n) is 12.6. The number of aryl methyl sites for hydroxylation is 2. The lowest BCUT2D eigenvalue weighted by molar-refractivity contribution is 0.524. The summed E-state index contributed by atoms with van der Waals surface area (Å²) in [4.78, 5) is 12.3. The van der Waals surface area contributed by atoms with E-state index in [0.29, 0.717) is 28.6 Å². The zero-order valence-corrected chi connectivity index (χ0v) is 13.4. The maximum Gasteiger partial charge on any atom is 0.287 e. The number of nitrogens with zero attached hydrogens (tertiary/aromatic N) is 2. The van der Waals surface area contributed by atoms with Crippen LogP contribution in [0, 0.1) is 37.0 Å². The molecule has 1 saturated carbocycles. The van der Waals surface area contributed by atoms with Crippen LogP contribution in [0.5, 0.6) is 0 Å². The molecule has 22 heavy (non-hydrogen) atoms. The van der Waals surface area contributed by atoms with Crippen LogP contribution < -0.4 is 16.3 Å². The SMILES string of the molecule is Cc1cc(C)n(NC(=S)N[C@H]2C[C@@H]3C=C[C@H]2C3)c(=O)c1C#N. The summed E-state index contributed by atoms with van der Waals surface area (Å²) in [5, 5.41) is 12.8. The van der Waals surface area contributed by atoms with Gasteiger partial charge >= 0.3 is 0 Å². The number of nitrogens with one attached hydrogen (secondary N) is 2. The third kappa shape index (κ3) is 2.53. The van der Waals surface area contributed by atoms with Crippen molar-refractivity contribution in [2.75, 3.05) is 5.43 Å². The fourth-order valence-corrected chi connectivity index (χ4v) is 3.66. The molecule has 0 unspecified atom stereocenters. The molecule has 2 aliphatic rings. The highest BCUT2D eigenvalue weighted by Crippen LogP contribution is 2.38. The van der Waals surface area contributed by atoms with Crippen LogP contribution in [0.1, 0.15) is 29.7 Å². The van der Waals surface area contributed by atoms with Gasteiger partial charge in [-0.05, 0) is 62.4 Å². The molecule has 0 aliphatic heterocycles. The highest BCUT2D eigenvalue weighted by molar-refractivity contribution is 7.80. The quantitative estimate of drug-likeness (QED) is 0.642. The topological polar surface area (TPSA) is 69.8 Å². The number of pyridine rings is 1. The molecule has 3 atom stereocenters. The van der Waals surface area contributed by atoms with E-state index in [1.807, 2.05) is 13.0 Å². The van der Waals surface area contributed by atoms with Crippen LogP contribution >= 0.6 is 12.2 Å². The molecule has 3 rings (SSSR count). The summed E-state index contributed by atoms with van der Waals surface area (Å²) in [6.07, 6.45) is 6.77. The van der Waals surface area contributed by atoms with E-state index in [2.05, 4.69) is 22.9 Å². The third-order valence-corrected chi connectivity index (χ3v) is 4.72. The van der Waals surface area contributed by atoms with Gasteiger partial charge in [0, 0.05) is 11.7 Å². The summed E-state index contributed by atoms with van der Waals surface area (Å²) in [5.74, 6) is 1.18. The van der Waals surface area contributed by atoms with Gasteiger partial charge in [-0.2, -0.15) is 5.26 Å². The number of hydrogen-bond donors (Lipinski definition) is 2. The van der Waals surface area contributed by atoms with Crippen LogP contribution in [-0.4, -0.2) is 15.8 Å². The van der Waals surface area contributed by atoms with Crippen molar-refractivity contribution >= 4 is 17.3 Å². The Balaban J connectivity index is 1.76. The van der Waals surface area contributed by atoms with Crippen molar-refractivity contribution in [2.24, 2.45) is 11.8 Å². The van der Waals surface area contributed by atoms with Crippen molar-refractivity contribution in [1.82, 2.24) is 9.99 Å². The van der Waals surface area contributed by atoms with E-state index in [4.69, 9.17) is 17.5 Å². The molecule has 1 heterocycles. The first kappa shape index (κ1) is 14.8. The Kier molecular flexibility index (Phi) is 3.75. The molecule has 114 valence electrons. The van der Waals surface area contributed by atoms with Crippen molar-refractivity contribution in [2.45, 2.75) is 32.7 Å². The molecule has 0 saturated heterocycles. The van der Waals surface area contributed by atoms with Gasteiger partial charge in [0.15, 0.2) is 5.11 Å². The number of aromatic nitrogens is 1. The maximum absolute atomic E-state index is 12.3. The molecule has 5 nitrogen and oxygen atoms in total. The lowest BCUT2D eigenvalue weighted by Gasteiger charge is -2.23. The lowest BCUT2D eigenvalue weighted by atomic mass is 10.0. The number of nitriles is 1. The van der Waals surface area contributed by atoms with E-state index in [9.17, 15) is 4.79 Å². The summed E-state index contributed by atoms with van der Waals surface area (Å²) in [6, 6.07) is 4.08. The fourth-order valence-electron chi connectivity index (χ4n) is 3.41. The van der Waals surface area contributed by atoms with Gasteiger partial charge in [-0.3, -0.25) is 10.2 Å². The zero-order chi connectivity index (χ0) is 15.9. The van der Waals surface area contributed by atoms with Crippen molar-refractivity contribution in [1.29, 1.82) is 5.26 Å². The van der Waals surface area contributed by atoms with Crippen molar-refractivity contribution in [3.05, 3.63) is 45.4 Å². The van der Waals surface area contributed by atoms with E-state index in [0.717, 1.165) is 12.1 Å². The molecule has 6 heteroatoms. The lowest BCUT2D eigenvalue weighted by Crippen LogP contribution is -2.46. The maximum atomic E-state index is 12.3. The molecule has 1 aromatic rings. The molecule has 1 fully saturated rings. The molecular weight excluding hydrogens is 296 g/mol. The van der Waals surface area contributed by atoms with Gasteiger partial charge in [0.05, 0.1) is 0 Å². The number of hydrogen-bond acceptors (Lipinski definition) is 3. The Labute approximate surface area is 134 Å². The second kappa shape index (κ2) is 5.58. The number of rotatable bonds is 2. The second-order valence-electron chi connectivity index (χ2n) is 6.07. The van der Waals surface area contributed by atoms with Crippen LogP contribution in [0.4, 0.5) is 0 Å². The molecule has 0 amide bonds. The van der Waals surface area contributed by atoms with Gasteiger partial charge in [-0.25, -0.2) is 4.68 Å². The van der Waals surface area contributed by atoms with E-state index in [-0.39, 0.29) is 11.1 Å². The van der Waals surface area contributed by atoms with E-state index < -0.39 is 0 Å². The Hall–Kier alpha value is -2.13. The first-order valence-corrected chi connectivity index (χ1v) is 7.79. The summed E-state index contributed by atoms with van der Waals surface area (Å²) < 4.78 is 1.34. The first-order chi connectivity index (χ1) is 10.5. The fraction of sp³-hybridized carbons (Fsp3) is 0.438. The van der Waals surface area contributed by atoms with Gasteiger partial charge in [-0.1, -0.05) is 12.2 Å². The number of allylic oxidation sites excluding steroid dienone is 1. The summed E-state index contributed by atoms with van der Waals surface area (Å²) in [6.45, 7) is 3.57. The average molecular weight is 314 g/mol. The van der Waals surface area contributed by atoms with Crippen LogP contribution in [-0.2, 0) is 0 Å². The molecule has 0 radical (unpaired) electrons. The van der Waals surface area contributed by atoms with Gasteiger partial charge in [0.25, 0.3) is 5.56 Å². The highest BCUT2D eigenvalue weighted by Gasteiger charge is 2.35. The molecule has 0 aromatic carbocycles. The Morgan fingerprint density at radius 1 is 1.41 bits per heavy atom.